The molecule has 8 heteroatoms. The van der Waals surface area contributed by atoms with E-state index < -0.39 is 0 Å². The van der Waals surface area contributed by atoms with Crippen molar-refractivity contribution in [3.05, 3.63) is 5.01 Å². The second-order valence-electron chi connectivity index (χ2n) is 3.16. The number of hydrogen-bond acceptors (Lipinski definition) is 8. The van der Waals surface area contributed by atoms with E-state index in [1.165, 1.54) is 11.3 Å². The van der Waals surface area contributed by atoms with Crippen molar-refractivity contribution in [2.24, 2.45) is 5.84 Å². The Morgan fingerprint density at radius 3 is 2.71 bits per heavy atom. The molecular formula is C9H18N4O3S. The first-order valence-electron chi connectivity index (χ1n) is 5.30. The van der Waals surface area contributed by atoms with E-state index in [2.05, 4.69) is 15.6 Å². The SMILES string of the molecule is COCCOCCCOCc1nnc(NN)s1. The summed E-state index contributed by atoms with van der Waals surface area (Å²) in [6, 6.07) is 0. The topological polar surface area (TPSA) is 91.5 Å². The second kappa shape index (κ2) is 9.25. The lowest BCUT2D eigenvalue weighted by Gasteiger charge is -2.03. The van der Waals surface area contributed by atoms with Crippen molar-refractivity contribution in [1.29, 1.82) is 0 Å². The molecule has 0 radical (unpaired) electrons. The molecule has 1 heterocycles. The van der Waals surface area contributed by atoms with Crippen LogP contribution in [0.25, 0.3) is 0 Å². The molecule has 0 amide bonds. The van der Waals surface area contributed by atoms with Crippen LogP contribution in [0.1, 0.15) is 11.4 Å². The minimum atomic E-state index is 0.456. The van der Waals surface area contributed by atoms with Gasteiger partial charge < -0.3 is 14.2 Å². The Balaban J connectivity index is 1.93. The van der Waals surface area contributed by atoms with Crippen LogP contribution in [0.4, 0.5) is 5.13 Å². The molecule has 0 saturated heterocycles. The smallest absolute Gasteiger partial charge is 0.219 e. The monoisotopic (exact) mass is 262 g/mol. The number of hydrazine groups is 1. The van der Waals surface area contributed by atoms with E-state index in [9.17, 15) is 0 Å². The number of nitrogens with one attached hydrogen (secondary N) is 1. The third-order valence-corrected chi connectivity index (χ3v) is 2.65. The van der Waals surface area contributed by atoms with Crippen LogP contribution >= 0.6 is 11.3 Å². The Bertz CT molecular complexity index is 298. The Hall–Kier alpha value is -0.800. The van der Waals surface area contributed by atoms with Gasteiger partial charge in [-0.3, -0.25) is 5.43 Å². The zero-order valence-corrected chi connectivity index (χ0v) is 10.7. The summed E-state index contributed by atoms with van der Waals surface area (Å²) in [4.78, 5) is 0. The quantitative estimate of drug-likeness (QED) is 0.358. The lowest BCUT2D eigenvalue weighted by atomic mass is 10.5. The van der Waals surface area contributed by atoms with Crippen LogP contribution < -0.4 is 11.3 Å². The molecule has 0 spiro atoms. The van der Waals surface area contributed by atoms with Gasteiger partial charge in [0.1, 0.15) is 11.6 Å². The molecule has 1 rings (SSSR count). The largest absolute Gasteiger partial charge is 0.382 e. The fraction of sp³-hybridized carbons (Fsp3) is 0.778. The Kier molecular flexibility index (Phi) is 7.76. The van der Waals surface area contributed by atoms with Gasteiger partial charge in [-0.2, -0.15) is 0 Å². The number of anilines is 1. The van der Waals surface area contributed by atoms with Gasteiger partial charge in [-0.05, 0) is 6.42 Å². The molecule has 98 valence electrons. The van der Waals surface area contributed by atoms with Gasteiger partial charge in [0.2, 0.25) is 5.13 Å². The maximum Gasteiger partial charge on any atom is 0.219 e. The summed E-state index contributed by atoms with van der Waals surface area (Å²) in [5.41, 5.74) is 2.44. The van der Waals surface area contributed by atoms with Crippen LogP contribution in [-0.4, -0.2) is 43.7 Å². The number of ether oxygens (including phenoxy) is 3. The number of hydrogen-bond donors (Lipinski definition) is 2. The standard InChI is InChI=1S/C9H18N4O3S/c1-14-5-6-15-3-2-4-16-7-8-12-13-9(11-10)17-8/h2-7,10H2,1H3,(H,11,13). The minimum Gasteiger partial charge on any atom is -0.382 e. The molecule has 0 aliphatic carbocycles. The molecule has 7 nitrogen and oxygen atoms in total. The third-order valence-electron chi connectivity index (χ3n) is 1.83. The highest BCUT2D eigenvalue weighted by atomic mass is 32.1. The number of nitrogens with two attached hydrogens (primary N) is 1. The molecule has 0 fully saturated rings. The van der Waals surface area contributed by atoms with E-state index in [1.807, 2.05) is 0 Å². The fourth-order valence-corrected chi connectivity index (χ4v) is 1.62. The first-order chi connectivity index (χ1) is 8.36. The number of nitrogen functional groups attached to an aromatic ring is 1. The average Bonchev–Trinajstić information content (AvgIpc) is 2.80. The molecule has 0 bridgehead atoms. The minimum absolute atomic E-state index is 0.456. The van der Waals surface area contributed by atoms with Crippen molar-refractivity contribution in [2.45, 2.75) is 13.0 Å². The third kappa shape index (κ3) is 6.49. The zero-order chi connectivity index (χ0) is 12.3. The summed E-state index contributed by atoms with van der Waals surface area (Å²) < 4.78 is 15.6. The van der Waals surface area contributed by atoms with Gasteiger partial charge in [0.15, 0.2) is 0 Å². The molecule has 0 aliphatic heterocycles. The number of rotatable bonds is 10. The maximum atomic E-state index is 5.41. The molecule has 0 saturated carbocycles. The second-order valence-corrected chi connectivity index (χ2v) is 4.22. The zero-order valence-electron chi connectivity index (χ0n) is 9.85. The summed E-state index contributed by atoms with van der Waals surface area (Å²) in [5, 5.41) is 9.09. The van der Waals surface area contributed by atoms with Gasteiger partial charge in [0.25, 0.3) is 0 Å². The van der Waals surface area contributed by atoms with Crippen molar-refractivity contribution in [1.82, 2.24) is 10.2 Å². The lowest BCUT2D eigenvalue weighted by Crippen LogP contribution is -2.05. The molecule has 0 aliphatic rings. The van der Waals surface area contributed by atoms with E-state index in [0.717, 1.165) is 11.4 Å². The van der Waals surface area contributed by atoms with Crippen LogP contribution in [0.2, 0.25) is 0 Å². The molecule has 1 aromatic heterocycles. The summed E-state index contributed by atoms with van der Waals surface area (Å²) in [6.45, 7) is 3.02. The maximum absolute atomic E-state index is 5.41. The van der Waals surface area contributed by atoms with Crippen LogP contribution in [0, 0.1) is 0 Å². The Morgan fingerprint density at radius 2 is 2.00 bits per heavy atom. The predicted octanol–water partition coefficient (Wildman–Crippen LogP) is 0.393. The van der Waals surface area contributed by atoms with E-state index in [4.69, 9.17) is 20.1 Å². The van der Waals surface area contributed by atoms with Crippen molar-refractivity contribution in [3.63, 3.8) is 0 Å². The van der Waals surface area contributed by atoms with Crippen LogP contribution in [0.15, 0.2) is 0 Å². The molecule has 17 heavy (non-hydrogen) atoms. The van der Waals surface area contributed by atoms with Gasteiger partial charge in [0, 0.05) is 20.3 Å². The molecular weight excluding hydrogens is 244 g/mol. The van der Waals surface area contributed by atoms with E-state index in [0.29, 0.717) is 38.2 Å². The first kappa shape index (κ1) is 14.3. The van der Waals surface area contributed by atoms with Gasteiger partial charge >= 0.3 is 0 Å². The Labute approximate surface area is 104 Å². The van der Waals surface area contributed by atoms with Crippen molar-refractivity contribution >= 4 is 16.5 Å². The normalized spacial score (nSPS) is 10.7. The van der Waals surface area contributed by atoms with E-state index in [-0.39, 0.29) is 0 Å². The van der Waals surface area contributed by atoms with Crippen LogP contribution in [0.3, 0.4) is 0 Å². The van der Waals surface area contributed by atoms with Gasteiger partial charge in [-0.15, -0.1) is 10.2 Å². The molecule has 3 N–H and O–H groups in total. The van der Waals surface area contributed by atoms with Gasteiger partial charge in [-0.1, -0.05) is 11.3 Å². The van der Waals surface area contributed by atoms with Crippen LogP contribution in [-0.2, 0) is 20.8 Å². The highest BCUT2D eigenvalue weighted by Gasteiger charge is 2.02. The summed E-state index contributed by atoms with van der Waals surface area (Å²) in [5.74, 6) is 5.19. The summed E-state index contributed by atoms with van der Waals surface area (Å²) in [7, 11) is 1.65. The highest BCUT2D eigenvalue weighted by molar-refractivity contribution is 7.15. The van der Waals surface area contributed by atoms with Crippen molar-refractivity contribution in [2.75, 3.05) is 39.0 Å². The fourth-order valence-electron chi connectivity index (χ4n) is 1.04. The van der Waals surface area contributed by atoms with Gasteiger partial charge in [0.05, 0.1) is 13.2 Å². The molecule has 1 aromatic rings. The summed E-state index contributed by atoms with van der Waals surface area (Å²) >= 11 is 1.38. The molecule has 0 aromatic carbocycles. The molecule has 0 unspecified atom stereocenters. The van der Waals surface area contributed by atoms with Crippen LogP contribution in [0.5, 0.6) is 0 Å². The Morgan fingerprint density at radius 1 is 1.18 bits per heavy atom. The summed E-state index contributed by atoms with van der Waals surface area (Å²) in [6.07, 6.45) is 0.852. The van der Waals surface area contributed by atoms with E-state index >= 15 is 0 Å². The first-order valence-corrected chi connectivity index (χ1v) is 6.12. The average molecular weight is 262 g/mol. The molecule has 0 atom stereocenters. The number of nitrogens with zero attached hydrogens (tertiary/aromatic N) is 2. The number of methoxy groups -OCH3 is 1. The highest BCUT2D eigenvalue weighted by Crippen LogP contribution is 2.14. The number of aromatic nitrogens is 2. The van der Waals surface area contributed by atoms with Gasteiger partial charge in [-0.25, -0.2) is 5.84 Å². The lowest BCUT2D eigenvalue weighted by molar-refractivity contribution is 0.0482. The van der Waals surface area contributed by atoms with Crippen molar-refractivity contribution in [3.8, 4) is 0 Å². The predicted molar refractivity (Wildman–Crippen MR) is 64.7 cm³/mol. The van der Waals surface area contributed by atoms with E-state index in [1.54, 1.807) is 7.11 Å². The van der Waals surface area contributed by atoms with Crippen molar-refractivity contribution < 1.29 is 14.2 Å².